The molecule has 0 unspecified atom stereocenters. The number of H-pyrrole nitrogens is 1. The van der Waals surface area contributed by atoms with E-state index in [0.29, 0.717) is 25.8 Å². The second kappa shape index (κ2) is 5.79. The lowest BCUT2D eigenvalue weighted by Gasteiger charge is -2.13. The summed E-state index contributed by atoms with van der Waals surface area (Å²) in [6.07, 6.45) is 1.35. The van der Waals surface area contributed by atoms with E-state index in [1.54, 1.807) is 13.2 Å². The summed E-state index contributed by atoms with van der Waals surface area (Å²) in [5, 5.41) is 3.70. The van der Waals surface area contributed by atoms with Gasteiger partial charge < -0.3 is 15.0 Å². The molecule has 0 saturated heterocycles. The molecule has 0 radical (unpaired) electrons. The van der Waals surface area contributed by atoms with Crippen LogP contribution in [0.4, 0.5) is 11.5 Å². The summed E-state index contributed by atoms with van der Waals surface area (Å²) in [5.74, 6) is 1.07. The van der Waals surface area contributed by atoms with Crippen LogP contribution in [0.3, 0.4) is 0 Å². The summed E-state index contributed by atoms with van der Waals surface area (Å²) in [5.41, 5.74) is 1.42. The molecule has 0 aliphatic carbocycles. The van der Waals surface area contributed by atoms with Gasteiger partial charge in [-0.3, -0.25) is 4.79 Å². The van der Waals surface area contributed by atoms with Crippen LogP contribution in [0.2, 0.25) is 5.02 Å². The van der Waals surface area contributed by atoms with Gasteiger partial charge in [0.25, 0.3) is 5.56 Å². The number of aromatic nitrogens is 2. The molecule has 2 aromatic rings. The van der Waals surface area contributed by atoms with Crippen LogP contribution in [-0.4, -0.2) is 17.1 Å². The summed E-state index contributed by atoms with van der Waals surface area (Å²) < 4.78 is 5.74. The molecule has 7 heteroatoms. The van der Waals surface area contributed by atoms with Crippen molar-refractivity contribution >= 4 is 45.7 Å². The predicted molar refractivity (Wildman–Crippen MR) is 83.6 cm³/mol. The molecular formula is C12H11ClIN3O2. The molecule has 0 saturated carbocycles. The number of halogens is 2. The van der Waals surface area contributed by atoms with Crippen molar-refractivity contribution in [3.05, 3.63) is 43.0 Å². The topological polar surface area (TPSA) is 67.0 Å². The van der Waals surface area contributed by atoms with Crippen LogP contribution in [0, 0.1) is 10.5 Å². The molecule has 0 spiro atoms. The molecular weight excluding hydrogens is 381 g/mol. The molecule has 1 aromatic heterocycles. The number of hydrogen-bond donors (Lipinski definition) is 2. The third kappa shape index (κ3) is 3.01. The second-order valence-corrected chi connectivity index (χ2v) is 5.31. The molecule has 0 bridgehead atoms. The second-order valence-electron chi connectivity index (χ2n) is 3.82. The highest BCUT2D eigenvalue weighted by Gasteiger charge is 2.11. The Hall–Kier alpha value is -1.28. The Morgan fingerprint density at radius 2 is 2.21 bits per heavy atom. The number of benzene rings is 1. The zero-order valence-corrected chi connectivity index (χ0v) is 13.2. The van der Waals surface area contributed by atoms with Gasteiger partial charge in [-0.1, -0.05) is 11.6 Å². The highest BCUT2D eigenvalue weighted by molar-refractivity contribution is 14.1. The minimum atomic E-state index is -0.192. The molecule has 2 rings (SSSR count). The average molecular weight is 392 g/mol. The lowest BCUT2D eigenvalue weighted by Crippen LogP contribution is -2.13. The van der Waals surface area contributed by atoms with Crippen LogP contribution < -0.4 is 15.6 Å². The first-order chi connectivity index (χ1) is 9.02. The van der Waals surface area contributed by atoms with Crippen molar-refractivity contribution in [2.24, 2.45) is 0 Å². The molecule has 0 atom stereocenters. The Kier molecular flexibility index (Phi) is 4.31. The van der Waals surface area contributed by atoms with Gasteiger partial charge in [-0.25, -0.2) is 4.98 Å². The number of anilines is 2. The van der Waals surface area contributed by atoms with Crippen LogP contribution >= 0.6 is 34.2 Å². The standard InChI is InChI=1S/C12H11ClIN3O2/c1-6-3-8(9(19-2)4-7(6)13)17-11-10(14)12(18)16-5-15-11/h3-5H,1-2H3,(H2,15,16,17,18). The number of nitrogens with one attached hydrogen (secondary N) is 2. The van der Waals surface area contributed by atoms with Crippen molar-refractivity contribution in [2.45, 2.75) is 6.92 Å². The molecule has 19 heavy (non-hydrogen) atoms. The zero-order chi connectivity index (χ0) is 14.0. The van der Waals surface area contributed by atoms with Crippen molar-refractivity contribution in [2.75, 3.05) is 12.4 Å². The monoisotopic (exact) mass is 391 g/mol. The molecule has 2 N–H and O–H groups in total. The fourth-order valence-electron chi connectivity index (χ4n) is 1.53. The van der Waals surface area contributed by atoms with Crippen LogP contribution in [0.5, 0.6) is 5.75 Å². The molecule has 1 heterocycles. The van der Waals surface area contributed by atoms with Gasteiger partial charge in [0.1, 0.15) is 9.32 Å². The van der Waals surface area contributed by atoms with Crippen LogP contribution in [0.1, 0.15) is 5.56 Å². The normalized spacial score (nSPS) is 10.3. The first kappa shape index (κ1) is 14.1. The van der Waals surface area contributed by atoms with E-state index in [-0.39, 0.29) is 5.56 Å². The fraction of sp³-hybridized carbons (Fsp3) is 0.167. The lowest BCUT2D eigenvalue weighted by atomic mass is 10.2. The van der Waals surface area contributed by atoms with Gasteiger partial charge in [0, 0.05) is 11.1 Å². The minimum Gasteiger partial charge on any atom is -0.495 e. The van der Waals surface area contributed by atoms with E-state index in [1.807, 2.05) is 35.6 Å². The van der Waals surface area contributed by atoms with Crippen LogP contribution in [-0.2, 0) is 0 Å². The molecule has 1 aromatic carbocycles. The number of rotatable bonds is 3. The van der Waals surface area contributed by atoms with E-state index < -0.39 is 0 Å². The van der Waals surface area contributed by atoms with Crippen LogP contribution in [0.25, 0.3) is 0 Å². The summed E-state index contributed by atoms with van der Waals surface area (Å²) in [6.45, 7) is 1.89. The minimum absolute atomic E-state index is 0.192. The maximum atomic E-state index is 11.5. The summed E-state index contributed by atoms with van der Waals surface area (Å²) in [7, 11) is 1.56. The molecule has 5 nitrogen and oxygen atoms in total. The first-order valence-electron chi connectivity index (χ1n) is 5.37. The van der Waals surface area contributed by atoms with E-state index in [1.165, 1.54) is 6.33 Å². The van der Waals surface area contributed by atoms with Gasteiger partial charge in [-0.2, -0.15) is 0 Å². The summed E-state index contributed by atoms with van der Waals surface area (Å²) >= 11 is 7.98. The maximum Gasteiger partial charge on any atom is 0.266 e. The number of nitrogens with zero attached hydrogens (tertiary/aromatic N) is 1. The maximum absolute atomic E-state index is 11.5. The largest absolute Gasteiger partial charge is 0.495 e. The van der Waals surface area contributed by atoms with Crippen molar-refractivity contribution in [3.8, 4) is 5.75 Å². The lowest BCUT2D eigenvalue weighted by molar-refractivity contribution is 0.416. The number of hydrogen-bond acceptors (Lipinski definition) is 4. The van der Waals surface area contributed by atoms with E-state index in [4.69, 9.17) is 16.3 Å². The van der Waals surface area contributed by atoms with Crippen molar-refractivity contribution in [1.82, 2.24) is 9.97 Å². The highest BCUT2D eigenvalue weighted by Crippen LogP contribution is 2.32. The van der Waals surface area contributed by atoms with E-state index in [0.717, 1.165) is 5.56 Å². The molecule has 0 amide bonds. The molecule has 100 valence electrons. The third-order valence-electron chi connectivity index (χ3n) is 2.53. The molecule has 0 aliphatic heterocycles. The highest BCUT2D eigenvalue weighted by atomic mass is 127. The summed E-state index contributed by atoms with van der Waals surface area (Å²) in [6, 6.07) is 3.57. The van der Waals surface area contributed by atoms with Gasteiger partial charge >= 0.3 is 0 Å². The SMILES string of the molecule is COc1cc(Cl)c(C)cc1Nc1nc[nH]c(=O)c1I. The Bertz CT molecular complexity index is 673. The van der Waals surface area contributed by atoms with Gasteiger partial charge in [0.05, 0.1) is 19.1 Å². The molecule has 0 aliphatic rings. The Morgan fingerprint density at radius 3 is 2.89 bits per heavy atom. The van der Waals surface area contributed by atoms with Crippen molar-refractivity contribution < 1.29 is 4.74 Å². The Labute approximate surface area is 128 Å². The van der Waals surface area contributed by atoms with Gasteiger partial charge in [-0.15, -0.1) is 0 Å². The third-order valence-corrected chi connectivity index (χ3v) is 3.94. The van der Waals surface area contributed by atoms with Gasteiger partial charge in [-0.05, 0) is 41.1 Å². The number of ether oxygens (including phenoxy) is 1. The zero-order valence-electron chi connectivity index (χ0n) is 10.3. The van der Waals surface area contributed by atoms with Crippen LogP contribution in [0.15, 0.2) is 23.3 Å². The number of aryl methyl sites for hydroxylation is 1. The molecule has 0 fully saturated rings. The van der Waals surface area contributed by atoms with Gasteiger partial charge in [0.2, 0.25) is 0 Å². The van der Waals surface area contributed by atoms with E-state index in [2.05, 4.69) is 15.3 Å². The first-order valence-corrected chi connectivity index (χ1v) is 6.83. The summed E-state index contributed by atoms with van der Waals surface area (Å²) in [4.78, 5) is 18.1. The van der Waals surface area contributed by atoms with E-state index >= 15 is 0 Å². The Morgan fingerprint density at radius 1 is 1.47 bits per heavy atom. The number of aromatic amines is 1. The number of methoxy groups -OCH3 is 1. The fourth-order valence-corrected chi connectivity index (χ4v) is 2.11. The quantitative estimate of drug-likeness (QED) is 0.789. The average Bonchev–Trinajstić information content (AvgIpc) is 2.39. The predicted octanol–water partition coefficient (Wildman–Crippen LogP) is 3.09. The van der Waals surface area contributed by atoms with Crippen molar-refractivity contribution in [1.29, 1.82) is 0 Å². The van der Waals surface area contributed by atoms with E-state index in [9.17, 15) is 4.79 Å². The van der Waals surface area contributed by atoms with Crippen molar-refractivity contribution in [3.63, 3.8) is 0 Å². The Balaban J connectivity index is 2.46. The smallest absolute Gasteiger partial charge is 0.266 e. The van der Waals surface area contributed by atoms with Gasteiger partial charge in [0.15, 0.2) is 5.82 Å².